The number of benzene rings is 2. The fourth-order valence-electron chi connectivity index (χ4n) is 5.31. The van der Waals surface area contributed by atoms with Crippen molar-refractivity contribution in [3.05, 3.63) is 82.5 Å². The van der Waals surface area contributed by atoms with Crippen molar-refractivity contribution in [1.29, 1.82) is 0 Å². The molecule has 1 atom stereocenters. The van der Waals surface area contributed by atoms with E-state index in [9.17, 15) is 9.90 Å². The normalized spacial score (nSPS) is 17.7. The van der Waals surface area contributed by atoms with E-state index in [1.54, 1.807) is 12.3 Å². The van der Waals surface area contributed by atoms with Gasteiger partial charge >= 0.3 is 0 Å². The van der Waals surface area contributed by atoms with E-state index in [1.165, 1.54) is 47.9 Å². The average molecular weight is 531 g/mol. The Bertz CT molecular complexity index is 1240. The second-order valence-electron chi connectivity index (χ2n) is 10.7. The van der Waals surface area contributed by atoms with Gasteiger partial charge in [0.2, 0.25) is 0 Å². The molecule has 1 amide bonds. The molecule has 3 aromatic rings. The monoisotopic (exact) mass is 530 g/mol. The van der Waals surface area contributed by atoms with Crippen LogP contribution in [-0.4, -0.2) is 46.2 Å². The number of aromatic nitrogens is 1. The first kappa shape index (κ1) is 28.7. The van der Waals surface area contributed by atoms with Crippen LogP contribution in [0.4, 0.5) is 5.82 Å². The summed E-state index contributed by atoms with van der Waals surface area (Å²) in [5.74, 6) is -0.438. The Morgan fingerprint density at radius 2 is 1.77 bits per heavy atom. The van der Waals surface area contributed by atoms with E-state index in [0.717, 1.165) is 50.2 Å². The summed E-state index contributed by atoms with van der Waals surface area (Å²) < 4.78 is 5.93. The number of aryl methyl sites for hydroxylation is 2. The summed E-state index contributed by atoms with van der Waals surface area (Å²) in [5, 5.41) is 9.57. The third kappa shape index (κ3) is 8.12. The van der Waals surface area contributed by atoms with Gasteiger partial charge in [-0.25, -0.2) is 4.98 Å². The first-order valence-corrected chi connectivity index (χ1v) is 14.1. The highest BCUT2D eigenvalue weighted by atomic mass is 16.5. The zero-order valence-corrected chi connectivity index (χ0v) is 23.2. The van der Waals surface area contributed by atoms with Gasteiger partial charge in [-0.15, -0.1) is 0 Å². The number of nitrogens with zero attached hydrogens (tertiary/aromatic N) is 2. The van der Waals surface area contributed by atoms with Crippen LogP contribution >= 0.6 is 0 Å². The lowest BCUT2D eigenvalue weighted by Gasteiger charge is -2.15. The lowest BCUT2D eigenvalue weighted by Crippen LogP contribution is -2.21. The molecule has 2 aliphatic rings. The lowest BCUT2D eigenvalue weighted by molar-refractivity contribution is 0.0456. The van der Waals surface area contributed by atoms with Gasteiger partial charge in [-0.05, 0) is 66.5 Å². The number of hydrogen-bond acceptors (Lipinski definition) is 6. The quantitative estimate of drug-likeness (QED) is 0.377. The molecule has 0 bridgehead atoms. The van der Waals surface area contributed by atoms with Gasteiger partial charge in [0.05, 0.1) is 24.4 Å². The fourth-order valence-corrected chi connectivity index (χ4v) is 5.31. The molecule has 1 saturated carbocycles. The van der Waals surface area contributed by atoms with Gasteiger partial charge in [0.1, 0.15) is 5.82 Å². The minimum atomic E-state index is -0.582. The molecular weight excluding hydrogens is 488 g/mol. The smallest absolute Gasteiger partial charge is 0.252 e. The van der Waals surface area contributed by atoms with Crippen molar-refractivity contribution in [2.24, 2.45) is 5.73 Å². The number of rotatable bonds is 8. The lowest BCUT2D eigenvalue weighted by atomic mass is 10.0. The number of carbonyl (C=O) groups excluding carboxylic acids is 1. The number of hydrogen-bond donors (Lipinski definition) is 3. The van der Waals surface area contributed by atoms with Crippen LogP contribution in [0, 0.1) is 6.92 Å². The van der Waals surface area contributed by atoms with Crippen LogP contribution in [0.5, 0.6) is 0 Å². The number of likely N-dealkylation sites (tertiary alicyclic amines) is 1. The van der Waals surface area contributed by atoms with E-state index < -0.39 is 5.91 Å². The van der Waals surface area contributed by atoms with Crippen LogP contribution in [0.15, 0.2) is 54.7 Å². The van der Waals surface area contributed by atoms with Crippen molar-refractivity contribution in [2.45, 2.75) is 77.7 Å². The van der Waals surface area contributed by atoms with Crippen LogP contribution in [0.2, 0.25) is 0 Å². The molecular formula is C32H42N4O3. The van der Waals surface area contributed by atoms with Gasteiger partial charge < -0.3 is 21.3 Å². The van der Waals surface area contributed by atoms with Crippen LogP contribution in [0.25, 0.3) is 11.1 Å². The number of ether oxygens (including phenoxy) is 1. The zero-order valence-electron chi connectivity index (χ0n) is 23.2. The Balaban J connectivity index is 0.000000193. The predicted octanol–water partition coefficient (Wildman–Crippen LogP) is 5.01. The molecule has 0 radical (unpaired) electrons. The molecule has 1 unspecified atom stereocenters. The molecule has 7 heteroatoms. The number of aliphatic hydroxyl groups is 1. The summed E-state index contributed by atoms with van der Waals surface area (Å²) in [5.41, 5.74) is 18.3. The van der Waals surface area contributed by atoms with E-state index in [-0.39, 0.29) is 17.5 Å². The van der Waals surface area contributed by atoms with Gasteiger partial charge in [-0.3, -0.25) is 9.69 Å². The highest BCUT2D eigenvalue weighted by Crippen LogP contribution is 2.24. The summed E-state index contributed by atoms with van der Waals surface area (Å²) in [4.78, 5) is 17.6. The van der Waals surface area contributed by atoms with Crippen LogP contribution in [0.1, 0.15) is 71.6 Å². The molecule has 0 spiro atoms. The highest BCUT2D eigenvalue weighted by Gasteiger charge is 2.20. The fraction of sp³-hybridized carbons (Fsp3) is 0.438. The number of pyridine rings is 1. The zero-order chi connectivity index (χ0) is 27.8. The third-order valence-corrected chi connectivity index (χ3v) is 7.71. The molecule has 5 rings (SSSR count). The largest absolute Gasteiger partial charge is 0.392 e. The Hall–Kier alpha value is -3.26. The highest BCUT2D eigenvalue weighted by molar-refractivity contribution is 5.98. The number of aliphatic hydroxyl groups excluding tert-OH is 1. The number of anilines is 1. The van der Waals surface area contributed by atoms with Gasteiger partial charge in [0.25, 0.3) is 5.91 Å². The molecule has 1 aromatic heterocycles. The molecule has 1 aliphatic heterocycles. The summed E-state index contributed by atoms with van der Waals surface area (Å²) in [6.07, 6.45) is 9.10. The van der Waals surface area contributed by atoms with E-state index in [0.29, 0.717) is 6.10 Å². The molecule has 1 aliphatic carbocycles. The number of β-amino-alcohol motifs (C(OH)–C–C–N with tert-alkyl or cyclic N) is 1. The SMILES string of the molecule is CCc1cc(COC2CCCC2)ccc1C.NC(=O)c1cc(-c2ccc(CN3CCC(O)C3)cc2)cnc1N. The molecule has 1 saturated heterocycles. The topological polar surface area (TPSA) is 115 Å². The first-order chi connectivity index (χ1) is 18.8. The number of nitrogens with two attached hydrogens (primary N) is 2. The van der Waals surface area contributed by atoms with Crippen molar-refractivity contribution in [1.82, 2.24) is 9.88 Å². The number of carbonyl (C=O) groups is 1. The number of primary amides is 1. The average Bonchev–Trinajstić information content (AvgIpc) is 3.61. The summed E-state index contributed by atoms with van der Waals surface area (Å²) >= 11 is 0. The van der Waals surface area contributed by atoms with Gasteiger partial charge in [0, 0.05) is 31.4 Å². The standard InChI is InChI=1S/C17H20N4O2.C15H22O/c18-16-15(17(19)23)7-13(8-20-16)12-3-1-11(2-4-12)9-21-6-5-14(22)10-21;1-3-14-10-13(9-8-12(14)2)11-16-15-6-4-5-7-15/h1-4,7-8,14,22H,5-6,9-10H2,(H2,18,20)(H2,19,23);8-10,15H,3-7,11H2,1-2H3. The van der Waals surface area contributed by atoms with Gasteiger partial charge in [-0.1, -0.05) is 62.2 Å². The van der Waals surface area contributed by atoms with Crippen LogP contribution < -0.4 is 11.5 Å². The molecule has 208 valence electrons. The summed E-state index contributed by atoms with van der Waals surface area (Å²) in [6.45, 7) is 7.66. The molecule has 5 N–H and O–H groups in total. The number of nitrogen functional groups attached to an aromatic ring is 1. The molecule has 39 heavy (non-hydrogen) atoms. The predicted molar refractivity (Wildman–Crippen MR) is 156 cm³/mol. The van der Waals surface area contributed by atoms with Crippen molar-refractivity contribution in [2.75, 3.05) is 18.8 Å². The molecule has 2 aromatic carbocycles. The maximum absolute atomic E-state index is 11.4. The van der Waals surface area contributed by atoms with Crippen molar-refractivity contribution < 1.29 is 14.6 Å². The Labute approximate surface area is 232 Å². The van der Waals surface area contributed by atoms with E-state index in [4.69, 9.17) is 16.2 Å². The van der Waals surface area contributed by atoms with Crippen LogP contribution in [0.3, 0.4) is 0 Å². The van der Waals surface area contributed by atoms with Crippen molar-refractivity contribution >= 4 is 11.7 Å². The van der Waals surface area contributed by atoms with Gasteiger partial charge in [0.15, 0.2) is 0 Å². The minimum absolute atomic E-state index is 0.144. The molecule has 2 fully saturated rings. The maximum atomic E-state index is 11.4. The second-order valence-corrected chi connectivity index (χ2v) is 10.7. The van der Waals surface area contributed by atoms with E-state index in [2.05, 4.69) is 41.9 Å². The second kappa shape index (κ2) is 13.7. The Kier molecular flexibility index (Phi) is 10.1. The van der Waals surface area contributed by atoms with E-state index >= 15 is 0 Å². The summed E-state index contributed by atoms with van der Waals surface area (Å²) in [6, 6.07) is 16.4. The van der Waals surface area contributed by atoms with Crippen molar-refractivity contribution in [3.63, 3.8) is 0 Å². The summed E-state index contributed by atoms with van der Waals surface area (Å²) in [7, 11) is 0. The van der Waals surface area contributed by atoms with Crippen LogP contribution in [-0.2, 0) is 24.3 Å². The van der Waals surface area contributed by atoms with E-state index in [1.807, 2.05) is 24.3 Å². The Morgan fingerprint density at radius 1 is 1.05 bits per heavy atom. The Morgan fingerprint density at radius 3 is 2.41 bits per heavy atom. The maximum Gasteiger partial charge on any atom is 0.252 e. The van der Waals surface area contributed by atoms with Gasteiger partial charge in [-0.2, -0.15) is 0 Å². The molecule has 7 nitrogen and oxygen atoms in total. The minimum Gasteiger partial charge on any atom is -0.392 e. The third-order valence-electron chi connectivity index (χ3n) is 7.71. The first-order valence-electron chi connectivity index (χ1n) is 14.1. The molecule has 2 heterocycles. The van der Waals surface area contributed by atoms with Crippen molar-refractivity contribution in [3.8, 4) is 11.1 Å². The number of amides is 1.